The number of carbonyl (C=O) groups excluding carboxylic acids is 2. The molecule has 3 aromatic carbocycles. The zero-order valence-electron chi connectivity index (χ0n) is 23.6. The molecular formula is C31H39N3O4S. The quantitative estimate of drug-likeness (QED) is 0.354. The van der Waals surface area contributed by atoms with Crippen molar-refractivity contribution in [2.45, 2.75) is 71.0 Å². The van der Waals surface area contributed by atoms with E-state index >= 15 is 0 Å². The highest BCUT2D eigenvalue weighted by Gasteiger charge is 2.32. The van der Waals surface area contributed by atoms with Crippen molar-refractivity contribution < 1.29 is 18.0 Å². The van der Waals surface area contributed by atoms with E-state index in [2.05, 4.69) is 19.2 Å². The molecule has 0 aliphatic carbocycles. The Labute approximate surface area is 232 Å². The number of aryl methyl sites for hydroxylation is 1. The third kappa shape index (κ3) is 7.69. The molecule has 0 aromatic heterocycles. The van der Waals surface area contributed by atoms with Gasteiger partial charge in [0, 0.05) is 12.6 Å². The Morgan fingerprint density at radius 1 is 0.821 bits per heavy atom. The van der Waals surface area contributed by atoms with Gasteiger partial charge in [0.25, 0.3) is 10.0 Å². The van der Waals surface area contributed by atoms with Gasteiger partial charge in [-0.15, -0.1) is 0 Å². The Morgan fingerprint density at radius 2 is 1.41 bits per heavy atom. The van der Waals surface area contributed by atoms with E-state index in [9.17, 15) is 18.0 Å². The lowest BCUT2D eigenvalue weighted by atomic mass is 10.0. The summed E-state index contributed by atoms with van der Waals surface area (Å²) in [5.74, 6) is -0.512. The molecule has 3 aromatic rings. The fourth-order valence-electron chi connectivity index (χ4n) is 4.16. The monoisotopic (exact) mass is 549 g/mol. The summed E-state index contributed by atoms with van der Waals surface area (Å²) in [5.41, 5.74) is 3.20. The highest BCUT2D eigenvalue weighted by atomic mass is 32.2. The highest BCUT2D eigenvalue weighted by molar-refractivity contribution is 7.92. The van der Waals surface area contributed by atoms with Crippen molar-refractivity contribution in [3.8, 4) is 0 Å². The number of anilines is 1. The van der Waals surface area contributed by atoms with Crippen molar-refractivity contribution in [1.82, 2.24) is 10.2 Å². The van der Waals surface area contributed by atoms with E-state index in [-0.39, 0.29) is 29.3 Å². The lowest BCUT2D eigenvalue weighted by Gasteiger charge is -2.32. The number of nitrogens with one attached hydrogen (secondary N) is 1. The molecule has 0 fully saturated rings. The highest BCUT2D eigenvalue weighted by Crippen LogP contribution is 2.27. The van der Waals surface area contributed by atoms with Crippen molar-refractivity contribution in [3.05, 3.63) is 95.6 Å². The van der Waals surface area contributed by atoms with E-state index in [0.29, 0.717) is 5.69 Å². The molecule has 0 aliphatic rings. The average molecular weight is 550 g/mol. The summed E-state index contributed by atoms with van der Waals surface area (Å²) in [7, 11) is -4.09. The number of nitrogens with zero attached hydrogens (tertiary/aromatic N) is 2. The maximum Gasteiger partial charge on any atom is 0.264 e. The van der Waals surface area contributed by atoms with Gasteiger partial charge >= 0.3 is 0 Å². The molecule has 0 saturated carbocycles. The molecule has 0 bridgehead atoms. The Hall–Kier alpha value is -3.65. The zero-order chi connectivity index (χ0) is 28.7. The fourth-order valence-corrected chi connectivity index (χ4v) is 5.57. The number of sulfonamides is 1. The van der Waals surface area contributed by atoms with Crippen LogP contribution in [0.25, 0.3) is 0 Å². The Morgan fingerprint density at radius 3 is 1.95 bits per heavy atom. The molecular weight excluding hydrogens is 510 g/mol. The molecule has 8 heteroatoms. The van der Waals surface area contributed by atoms with Gasteiger partial charge in [-0.3, -0.25) is 13.9 Å². The van der Waals surface area contributed by atoms with Crippen molar-refractivity contribution in [3.63, 3.8) is 0 Å². The summed E-state index contributed by atoms with van der Waals surface area (Å²) in [5, 5.41) is 2.86. The molecule has 0 aliphatic heterocycles. The van der Waals surface area contributed by atoms with E-state index in [4.69, 9.17) is 0 Å². The third-order valence-electron chi connectivity index (χ3n) is 6.53. The van der Waals surface area contributed by atoms with E-state index in [1.807, 2.05) is 63.2 Å². The van der Waals surface area contributed by atoms with Crippen molar-refractivity contribution in [2.75, 3.05) is 10.8 Å². The maximum atomic E-state index is 13.9. The van der Waals surface area contributed by atoms with Crippen LogP contribution in [0, 0.1) is 6.92 Å². The lowest BCUT2D eigenvalue weighted by molar-refractivity contribution is -0.139. The van der Waals surface area contributed by atoms with Crippen LogP contribution in [0.2, 0.25) is 0 Å². The molecule has 1 N–H and O–H groups in total. The van der Waals surface area contributed by atoms with Crippen LogP contribution in [-0.4, -0.2) is 43.8 Å². The van der Waals surface area contributed by atoms with Gasteiger partial charge in [-0.2, -0.15) is 0 Å². The first-order valence-electron chi connectivity index (χ1n) is 13.2. The maximum absolute atomic E-state index is 13.9. The summed E-state index contributed by atoms with van der Waals surface area (Å²) in [4.78, 5) is 28.4. The van der Waals surface area contributed by atoms with Crippen molar-refractivity contribution in [2.24, 2.45) is 0 Å². The van der Waals surface area contributed by atoms with Crippen LogP contribution >= 0.6 is 0 Å². The molecule has 0 heterocycles. The first-order valence-corrected chi connectivity index (χ1v) is 14.7. The zero-order valence-corrected chi connectivity index (χ0v) is 24.4. The minimum absolute atomic E-state index is 0.0917. The Kier molecular flexibility index (Phi) is 9.92. The van der Waals surface area contributed by atoms with Crippen LogP contribution < -0.4 is 9.62 Å². The molecule has 7 nitrogen and oxygen atoms in total. The molecule has 0 radical (unpaired) electrons. The topological polar surface area (TPSA) is 86.8 Å². The molecule has 1 atom stereocenters. The first kappa shape index (κ1) is 29.9. The van der Waals surface area contributed by atoms with Crippen LogP contribution in [0.4, 0.5) is 5.69 Å². The number of carbonyl (C=O) groups is 2. The second-order valence-electron chi connectivity index (χ2n) is 10.4. The number of amides is 2. The molecule has 0 saturated heterocycles. The second kappa shape index (κ2) is 12.9. The number of benzene rings is 3. The number of hydrogen-bond acceptors (Lipinski definition) is 4. The van der Waals surface area contributed by atoms with Crippen LogP contribution in [0.1, 0.15) is 57.2 Å². The largest absolute Gasteiger partial charge is 0.352 e. The van der Waals surface area contributed by atoms with Gasteiger partial charge in [-0.1, -0.05) is 74.0 Å². The van der Waals surface area contributed by atoms with Crippen molar-refractivity contribution in [1.29, 1.82) is 0 Å². The van der Waals surface area contributed by atoms with Gasteiger partial charge in [0.15, 0.2) is 0 Å². The van der Waals surface area contributed by atoms with E-state index in [1.54, 1.807) is 43.3 Å². The summed E-state index contributed by atoms with van der Waals surface area (Å²) in [6, 6.07) is 22.2. The summed E-state index contributed by atoms with van der Waals surface area (Å²) < 4.78 is 28.9. The van der Waals surface area contributed by atoms with Crippen LogP contribution in [-0.2, 0) is 26.2 Å². The molecule has 39 heavy (non-hydrogen) atoms. The lowest BCUT2D eigenvalue weighted by Crippen LogP contribution is -2.52. The number of hydrogen-bond donors (Lipinski definition) is 1. The van der Waals surface area contributed by atoms with Crippen LogP contribution in [0.5, 0.6) is 0 Å². The van der Waals surface area contributed by atoms with Gasteiger partial charge in [0.2, 0.25) is 11.8 Å². The predicted molar refractivity (Wildman–Crippen MR) is 156 cm³/mol. The van der Waals surface area contributed by atoms with E-state index in [0.717, 1.165) is 21.0 Å². The minimum atomic E-state index is -4.09. The van der Waals surface area contributed by atoms with E-state index < -0.39 is 28.5 Å². The van der Waals surface area contributed by atoms with Gasteiger partial charge in [0.05, 0.1) is 10.6 Å². The normalized spacial score (nSPS) is 12.3. The third-order valence-corrected chi connectivity index (χ3v) is 8.32. The first-order chi connectivity index (χ1) is 18.4. The molecule has 0 spiro atoms. The van der Waals surface area contributed by atoms with Gasteiger partial charge in [0.1, 0.15) is 12.6 Å². The Balaban J connectivity index is 2.03. The number of rotatable bonds is 11. The fraction of sp³-hybridized carbons (Fsp3) is 0.355. The second-order valence-corrected chi connectivity index (χ2v) is 12.3. The summed E-state index contributed by atoms with van der Waals surface area (Å²) in [6.45, 7) is 11.1. The minimum Gasteiger partial charge on any atom is -0.352 e. The molecule has 3 rings (SSSR count). The standard InChI is InChI=1S/C31H39N3O4S/c1-22(2)27-14-16-28(17-15-27)34(39(37,38)29-18-12-24(5)13-19-29)21-30(35)33(20-26-10-8-7-9-11-26)25(6)31(36)32-23(3)4/h7-19,22-23,25H,20-21H2,1-6H3,(H,32,36)/t25-/m0/s1. The molecule has 2 amide bonds. The molecule has 208 valence electrons. The molecule has 0 unspecified atom stereocenters. The SMILES string of the molecule is Cc1ccc(S(=O)(=O)N(CC(=O)N(Cc2ccccc2)[C@@H](C)C(=O)NC(C)C)c2ccc(C(C)C)cc2)cc1. The summed E-state index contributed by atoms with van der Waals surface area (Å²) >= 11 is 0. The van der Waals surface area contributed by atoms with Crippen molar-refractivity contribution >= 4 is 27.5 Å². The smallest absolute Gasteiger partial charge is 0.264 e. The van der Waals surface area contributed by atoms with Gasteiger partial charge < -0.3 is 10.2 Å². The Bertz CT molecular complexity index is 1350. The summed E-state index contributed by atoms with van der Waals surface area (Å²) in [6.07, 6.45) is 0. The predicted octanol–water partition coefficient (Wildman–Crippen LogP) is 5.26. The van der Waals surface area contributed by atoms with Gasteiger partial charge in [-0.25, -0.2) is 8.42 Å². The van der Waals surface area contributed by atoms with Gasteiger partial charge in [-0.05, 0) is 69.0 Å². The van der Waals surface area contributed by atoms with Crippen LogP contribution in [0.15, 0.2) is 83.8 Å². The van der Waals surface area contributed by atoms with Crippen LogP contribution in [0.3, 0.4) is 0 Å². The average Bonchev–Trinajstić information content (AvgIpc) is 2.90. The van der Waals surface area contributed by atoms with E-state index in [1.165, 1.54) is 4.90 Å².